The van der Waals surface area contributed by atoms with Crippen LogP contribution in [0.15, 0.2) is 40.9 Å². The summed E-state index contributed by atoms with van der Waals surface area (Å²) in [6, 6.07) is 10.3. The van der Waals surface area contributed by atoms with Gasteiger partial charge in [0.05, 0.1) is 17.9 Å². The van der Waals surface area contributed by atoms with Gasteiger partial charge in [0, 0.05) is 33.3 Å². The topological polar surface area (TPSA) is 86.1 Å². The van der Waals surface area contributed by atoms with E-state index in [1.807, 2.05) is 29.8 Å². The van der Waals surface area contributed by atoms with Crippen molar-refractivity contribution in [3.05, 3.63) is 56.6 Å². The van der Waals surface area contributed by atoms with Crippen LogP contribution in [0.4, 0.5) is 5.00 Å². The standard InChI is InChI=1S/C28H30N4O3S3/c1-4-35-27(34)24-19-13-9-6-10-14-21(19)38-26(24)29-22(33)16-37-28-31-30-25(32(28)3)20-15-36-17(2)23(20)18-11-7-5-8-12-18/h5,7-8,11-12,15H,4,6,9-10,13-14,16H2,1-3H3,(H,29,33). The number of ether oxygens (including phenoxy) is 1. The van der Waals surface area contributed by atoms with Crippen molar-refractivity contribution < 1.29 is 14.3 Å². The van der Waals surface area contributed by atoms with Crippen LogP contribution in [0.1, 0.15) is 51.9 Å². The van der Waals surface area contributed by atoms with Gasteiger partial charge >= 0.3 is 5.97 Å². The molecule has 5 rings (SSSR count). The largest absolute Gasteiger partial charge is 0.462 e. The van der Waals surface area contributed by atoms with Crippen LogP contribution in [0.5, 0.6) is 0 Å². The maximum absolute atomic E-state index is 13.0. The van der Waals surface area contributed by atoms with Crippen LogP contribution < -0.4 is 5.32 Å². The quantitative estimate of drug-likeness (QED) is 0.144. The Morgan fingerprint density at radius 1 is 1.13 bits per heavy atom. The number of nitrogens with one attached hydrogen (secondary N) is 1. The van der Waals surface area contributed by atoms with E-state index in [1.165, 1.54) is 32.9 Å². The third kappa shape index (κ3) is 5.43. The molecular weight excluding hydrogens is 537 g/mol. The Balaban J connectivity index is 1.32. The highest BCUT2D eigenvalue weighted by Gasteiger charge is 2.27. The number of aryl methyl sites for hydroxylation is 2. The van der Waals surface area contributed by atoms with Gasteiger partial charge in [-0.05, 0) is 50.7 Å². The Morgan fingerprint density at radius 3 is 2.71 bits per heavy atom. The molecule has 4 aromatic rings. The first kappa shape index (κ1) is 26.6. The van der Waals surface area contributed by atoms with Crippen LogP contribution in [0.2, 0.25) is 0 Å². The number of carbonyl (C=O) groups excluding carboxylic acids is 2. The van der Waals surface area contributed by atoms with Gasteiger partial charge in [0.1, 0.15) is 5.00 Å². The van der Waals surface area contributed by atoms with Crippen molar-refractivity contribution in [2.24, 2.45) is 7.05 Å². The lowest BCUT2D eigenvalue weighted by molar-refractivity contribution is -0.113. The van der Waals surface area contributed by atoms with Crippen molar-refractivity contribution in [1.82, 2.24) is 14.8 Å². The zero-order valence-electron chi connectivity index (χ0n) is 21.7. The molecule has 0 unspecified atom stereocenters. The maximum Gasteiger partial charge on any atom is 0.341 e. The molecule has 1 aliphatic carbocycles. The van der Waals surface area contributed by atoms with E-state index < -0.39 is 0 Å². The fraction of sp³-hybridized carbons (Fsp3) is 0.357. The summed E-state index contributed by atoms with van der Waals surface area (Å²) < 4.78 is 7.27. The van der Waals surface area contributed by atoms with Gasteiger partial charge in [0.25, 0.3) is 0 Å². The van der Waals surface area contributed by atoms with Crippen molar-refractivity contribution in [2.45, 2.75) is 51.1 Å². The number of esters is 1. The molecule has 0 fully saturated rings. The smallest absolute Gasteiger partial charge is 0.341 e. The number of aromatic nitrogens is 3. The zero-order valence-corrected chi connectivity index (χ0v) is 24.2. The second-order valence-electron chi connectivity index (χ2n) is 9.14. The number of benzene rings is 1. The van der Waals surface area contributed by atoms with E-state index in [9.17, 15) is 9.59 Å². The van der Waals surface area contributed by atoms with Crippen molar-refractivity contribution in [3.8, 4) is 22.5 Å². The predicted molar refractivity (Wildman–Crippen MR) is 155 cm³/mol. The van der Waals surface area contributed by atoms with Crippen LogP contribution in [-0.4, -0.2) is 39.0 Å². The van der Waals surface area contributed by atoms with E-state index in [2.05, 4.69) is 40.0 Å². The molecule has 1 amide bonds. The summed E-state index contributed by atoms with van der Waals surface area (Å²) in [6.07, 6.45) is 5.08. The first-order chi connectivity index (χ1) is 18.5. The molecule has 0 atom stereocenters. The molecular formula is C28H30N4O3S3. The van der Waals surface area contributed by atoms with Gasteiger partial charge in [-0.1, -0.05) is 48.5 Å². The Labute approximate surface area is 234 Å². The fourth-order valence-corrected chi connectivity index (χ4v) is 7.67. The number of anilines is 1. The Bertz CT molecular complexity index is 1460. The minimum atomic E-state index is -0.354. The third-order valence-electron chi connectivity index (χ3n) is 6.60. The Kier molecular flexibility index (Phi) is 8.30. The molecule has 38 heavy (non-hydrogen) atoms. The minimum absolute atomic E-state index is 0.158. The second kappa shape index (κ2) is 11.8. The number of carbonyl (C=O) groups is 2. The van der Waals surface area contributed by atoms with Gasteiger partial charge in [0.15, 0.2) is 11.0 Å². The summed E-state index contributed by atoms with van der Waals surface area (Å²) in [5, 5.41) is 15.2. The van der Waals surface area contributed by atoms with Gasteiger partial charge in [0.2, 0.25) is 5.91 Å². The normalized spacial score (nSPS) is 13.1. The molecule has 0 spiro atoms. The highest BCUT2D eigenvalue weighted by atomic mass is 32.2. The number of nitrogens with zero attached hydrogens (tertiary/aromatic N) is 3. The van der Waals surface area contributed by atoms with Gasteiger partial charge in [-0.3, -0.25) is 4.79 Å². The van der Waals surface area contributed by atoms with Crippen molar-refractivity contribution in [1.29, 1.82) is 0 Å². The summed E-state index contributed by atoms with van der Waals surface area (Å²) in [4.78, 5) is 28.2. The number of hydrogen-bond donors (Lipinski definition) is 1. The zero-order chi connectivity index (χ0) is 26.6. The molecule has 0 saturated heterocycles. The highest BCUT2D eigenvalue weighted by Crippen LogP contribution is 2.40. The van der Waals surface area contributed by atoms with Crippen LogP contribution in [0.3, 0.4) is 0 Å². The first-order valence-electron chi connectivity index (χ1n) is 12.8. The van der Waals surface area contributed by atoms with Crippen LogP contribution in [-0.2, 0) is 29.4 Å². The molecule has 1 aliphatic rings. The Morgan fingerprint density at radius 2 is 1.92 bits per heavy atom. The number of hydrogen-bond acceptors (Lipinski definition) is 8. The van der Waals surface area contributed by atoms with E-state index in [1.54, 1.807) is 18.3 Å². The average Bonchev–Trinajstić information content (AvgIpc) is 3.52. The monoisotopic (exact) mass is 566 g/mol. The highest BCUT2D eigenvalue weighted by molar-refractivity contribution is 7.99. The molecule has 198 valence electrons. The molecule has 1 N–H and O–H groups in total. The molecule has 0 aliphatic heterocycles. The maximum atomic E-state index is 13.0. The first-order valence-corrected chi connectivity index (χ1v) is 15.4. The van der Waals surface area contributed by atoms with Crippen LogP contribution >= 0.6 is 34.4 Å². The average molecular weight is 567 g/mol. The number of rotatable bonds is 8. The summed E-state index contributed by atoms with van der Waals surface area (Å²) in [5.41, 5.74) is 4.92. The van der Waals surface area contributed by atoms with Gasteiger partial charge in [-0.25, -0.2) is 4.79 Å². The third-order valence-corrected chi connectivity index (χ3v) is 9.74. The van der Waals surface area contributed by atoms with Gasteiger partial charge in [-0.2, -0.15) is 0 Å². The van der Waals surface area contributed by atoms with Crippen LogP contribution in [0.25, 0.3) is 22.5 Å². The van der Waals surface area contributed by atoms with E-state index in [0.29, 0.717) is 22.3 Å². The van der Waals surface area contributed by atoms with Crippen molar-refractivity contribution >= 4 is 51.3 Å². The minimum Gasteiger partial charge on any atom is -0.462 e. The number of fused-ring (bicyclic) bond motifs is 1. The van der Waals surface area contributed by atoms with Crippen LogP contribution in [0, 0.1) is 6.92 Å². The lowest BCUT2D eigenvalue weighted by atomic mass is 10.0. The SMILES string of the molecule is CCOC(=O)c1c(NC(=O)CSc2nnc(-c3csc(C)c3-c3ccccc3)n2C)sc2c1CCCCC2. The van der Waals surface area contributed by atoms with E-state index in [-0.39, 0.29) is 17.6 Å². The summed E-state index contributed by atoms with van der Waals surface area (Å²) in [5.74, 6) is 0.388. The molecule has 0 radical (unpaired) electrons. The second-order valence-corrected chi connectivity index (χ2v) is 12.3. The predicted octanol–water partition coefficient (Wildman–Crippen LogP) is 6.76. The molecule has 3 aromatic heterocycles. The lowest BCUT2D eigenvalue weighted by Gasteiger charge is -2.09. The molecule has 0 bridgehead atoms. The van der Waals surface area contributed by atoms with E-state index in [4.69, 9.17) is 4.74 Å². The van der Waals surface area contributed by atoms with E-state index >= 15 is 0 Å². The lowest BCUT2D eigenvalue weighted by Crippen LogP contribution is -2.17. The number of amides is 1. The van der Waals surface area contributed by atoms with Crippen molar-refractivity contribution in [2.75, 3.05) is 17.7 Å². The fourth-order valence-electron chi connectivity index (χ4n) is 4.80. The molecule has 7 nitrogen and oxygen atoms in total. The molecule has 0 saturated carbocycles. The molecule has 3 heterocycles. The molecule has 1 aromatic carbocycles. The Hall–Kier alpha value is -2.95. The van der Waals surface area contributed by atoms with E-state index in [0.717, 1.165) is 60.2 Å². The summed E-state index contributed by atoms with van der Waals surface area (Å²) in [7, 11) is 1.92. The number of thiophene rings is 2. The van der Waals surface area contributed by atoms with Gasteiger partial charge in [-0.15, -0.1) is 32.9 Å². The molecule has 10 heteroatoms. The summed E-state index contributed by atoms with van der Waals surface area (Å²) >= 11 is 4.53. The summed E-state index contributed by atoms with van der Waals surface area (Å²) in [6.45, 7) is 4.21. The van der Waals surface area contributed by atoms with Gasteiger partial charge < -0.3 is 14.6 Å². The van der Waals surface area contributed by atoms with Crippen molar-refractivity contribution in [3.63, 3.8) is 0 Å². The number of thioether (sulfide) groups is 1.